The number of pyridine rings is 1. The van der Waals surface area contributed by atoms with Crippen molar-refractivity contribution < 1.29 is 0 Å². The van der Waals surface area contributed by atoms with Crippen LogP contribution in [0.2, 0.25) is 5.02 Å². The first-order valence-electron chi connectivity index (χ1n) is 11.0. The Kier molecular flexibility index (Phi) is 4.88. The van der Waals surface area contributed by atoms with Crippen molar-refractivity contribution in [2.24, 2.45) is 0 Å². The zero-order chi connectivity index (χ0) is 23.2. The molecule has 0 fully saturated rings. The lowest BCUT2D eigenvalue weighted by Crippen LogP contribution is -2.24. The Morgan fingerprint density at radius 1 is 1.06 bits per heavy atom. The lowest BCUT2D eigenvalue weighted by atomic mass is 10.0. The van der Waals surface area contributed by atoms with Crippen LogP contribution in [0.1, 0.15) is 29.7 Å². The van der Waals surface area contributed by atoms with Gasteiger partial charge in [-0.15, -0.1) is 5.10 Å². The molecule has 2 aromatic carbocycles. The van der Waals surface area contributed by atoms with Gasteiger partial charge in [0.2, 0.25) is 0 Å². The predicted molar refractivity (Wildman–Crippen MR) is 129 cm³/mol. The number of aryl methyl sites for hydroxylation is 2. The van der Waals surface area contributed by atoms with Crippen molar-refractivity contribution in [1.29, 1.82) is 0 Å². The molecule has 3 aromatic heterocycles. The van der Waals surface area contributed by atoms with Gasteiger partial charge < -0.3 is 9.55 Å². The van der Waals surface area contributed by atoms with Crippen LogP contribution in [-0.4, -0.2) is 34.7 Å². The number of tetrazole rings is 1. The Balaban J connectivity index is 1.42. The summed E-state index contributed by atoms with van der Waals surface area (Å²) in [6, 6.07) is 19.1. The van der Waals surface area contributed by atoms with Crippen LogP contribution in [0.5, 0.6) is 0 Å². The number of H-pyrrole nitrogens is 1. The highest BCUT2D eigenvalue weighted by molar-refractivity contribution is 6.31. The van der Waals surface area contributed by atoms with Gasteiger partial charge in [0, 0.05) is 33.6 Å². The van der Waals surface area contributed by atoms with Crippen LogP contribution in [0, 0.1) is 6.92 Å². The molecule has 0 amide bonds. The summed E-state index contributed by atoms with van der Waals surface area (Å²) >= 11 is 6.30. The van der Waals surface area contributed by atoms with Crippen molar-refractivity contribution in [3.8, 4) is 28.1 Å². The number of imidazole rings is 1. The summed E-state index contributed by atoms with van der Waals surface area (Å²) in [5.41, 5.74) is 6.18. The maximum Gasteiger partial charge on any atom is 0.252 e. The lowest BCUT2D eigenvalue weighted by molar-refractivity contribution is 0.571. The molecule has 34 heavy (non-hydrogen) atoms. The first-order chi connectivity index (χ1) is 16.6. The van der Waals surface area contributed by atoms with Crippen molar-refractivity contribution in [3.63, 3.8) is 0 Å². The van der Waals surface area contributed by atoms with Gasteiger partial charge in [0.25, 0.3) is 5.56 Å². The van der Waals surface area contributed by atoms with Crippen LogP contribution in [-0.2, 0) is 6.42 Å². The first kappa shape index (κ1) is 20.6. The van der Waals surface area contributed by atoms with E-state index in [1.165, 1.54) is 6.33 Å². The van der Waals surface area contributed by atoms with E-state index >= 15 is 0 Å². The number of aromatic nitrogens is 7. The van der Waals surface area contributed by atoms with E-state index < -0.39 is 0 Å². The standard InChI is InChI=1S/C25H20ClN7O/c1-15-24(16-5-3-2-4-6-16)29-25(28-15)22-10-8-19-11-17(12-23(34)33(19)22)20-13-18(26)7-9-21(20)32-14-27-30-31-32/h2-7,9,11-14,22H,8,10H2,1H3,(H,28,29)/t22-/m0/s1. The minimum Gasteiger partial charge on any atom is -0.344 e. The maximum atomic E-state index is 13.4. The molecule has 1 atom stereocenters. The smallest absolute Gasteiger partial charge is 0.252 e. The highest BCUT2D eigenvalue weighted by Gasteiger charge is 2.28. The zero-order valence-electron chi connectivity index (χ0n) is 18.3. The number of fused-ring (bicyclic) bond motifs is 1. The SMILES string of the molecule is Cc1[nH]c([C@@H]2CCc3cc(-c4cc(Cl)ccc4-n4cnnn4)cc(=O)n32)nc1-c1ccccc1. The van der Waals surface area contributed by atoms with Crippen LogP contribution in [0.3, 0.4) is 0 Å². The van der Waals surface area contributed by atoms with Crippen LogP contribution in [0.15, 0.2) is 71.8 Å². The fourth-order valence-electron chi connectivity index (χ4n) is 4.74. The minimum atomic E-state index is -0.133. The zero-order valence-corrected chi connectivity index (χ0v) is 19.1. The molecule has 6 rings (SSSR count). The fourth-order valence-corrected chi connectivity index (χ4v) is 4.91. The maximum absolute atomic E-state index is 13.4. The quantitative estimate of drug-likeness (QED) is 0.421. The van der Waals surface area contributed by atoms with E-state index in [-0.39, 0.29) is 11.6 Å². The molecule has 0 saturated heterocycles. The van der Waals surface area contributed by atoms with Gasteiger partial charge in [-0.3, -0.25) is 4.79 Å². The summed E-state index contributed by atoms with van der Waals surface area (Å²) < 4.78 is 3.41. The Morgan fingerprint density at radius 3 is 2.71 bits per heavy atom. The average molecular weight is 470 g/mol. The number of hydrogen-bond donors (Lipinski definition) is 1. The van der Waals surface area contributed by atoms with Crippen LogP contribution in [0.25, 0.3) is 28.1 Å². The summed E-state index contributed by atoms with van der Waals surface area (Å²) in [5.74, 6) is 0.807. The molecule has 0 unspecified atom stereocenters. The Labute approximate surface area is 199 Å². The van der Waals surface area contributed by atoms with Crippen molar-refractivity contribution in [2.45, 2.75) is 25.8 Å². The molecular formula is C25H20ClN7O. The molecule has 0 bridgehead atoms. The molecule has 9 heteroatoms. The van der Waals surface area contributed by atoms with Crippen LogP contribution in [0.4, 0.5) is 0 Å². The van der Waals surface area contributed by atoms with Crippen molar-refractivity contribution >= 4 is 11.6 Å². The Hall–Kier alpha value is -4.04. The van der Waals surface area contributed by atoms with Crippen LogP contribution < -0.4 is 5.56 Å². The van der Waals surface area contributed by atoms with E-state index in [4.69, 9.17) is 16.6 Å². The monoisotopic (exact) mass is 469 g/mol. The van der Waals surface area contributed by atoms with Gasteiger partial charge in [0.15, 0.2) is 0 Å². The van der Waals surface area contributed by atoms with E-state index in [9.17, 15) is 4.79 Å². The molecule has 168 valence electrons. The number of hydrogen-bond acceptors (Lipinski definition) is 5. The molecule has 8 nitrogen and oxygen atoms in total. The van der Waals surface area contributed by atoms with Gasteiger partial charge in [-0.05, 0) is 60.0 Å². The third-order valence-corrected chi connectivity index (χ3v) is 6.50. The van der Waals surface area contributed by atoms with Gasteiger partial charge in [0.1, 0.15) is 12.2 Å². The number of rotatable bonds is 4. The third kappa shape index (κ3) is 3.43. The number of nitrogens with zero attached hydrogens (tertiary/aromatic N) is 6. The summed E-state index contributed by atoms with van der Waals surface area (Å²) in [6.07, 6.45) is 3.09. The minimum absolute atomic E-state index is 0.0760. The van der Waals surface area contributed by atoms with Crippen LogP contribution >= 0.6 is 11.6 Å². The molecule has 0 spiro atoms. The van der Waals surface area contributed by atoms with Crippen molar-refractivity contribution in [1.82, 2.24) is 34.7 Å². The highest BCUT2D eigenvalue weighted by atomic mass is 35.5. The largest absolute Gasteiger partial charge is 0.344 e. The first-order valence-corrected chi connectivity index (χ1v) is 11.4. The number of benzene rings is 2. The molecule has 0 aliphatic carbocycles. The summed E-state index contributed by atoms with van der Waals surface area (Å²) in [6.45, 7) is 2.01. The molecular weight excluding hydrogens is 450 g/mol. The molecule has 4 heterocycles. The van der Waals surface area contributed by atoms with Crippen molar-refractivity contribution in [3.05, 3.63) is 99.6 Å². The van der Waals surface area contributed by atoms with Gasteiger partial charge in [-0.2, -0.15) is 4.68 Å². The number of halogens is 1. The highest BCUT2D eigenvalue weighted by Crippen LogP contribution is 2.35. The predicted octanol–water partition coefficient (Wildman–Crippen LogP) is 4.38. The average Bonchev–Trinajstić information content (AvgIpc) is 3.59. The molecule has 1 aliphatic rings. The van der Waals surface area contributed by atoms with E-state index in [0.717, 1.165) is 58.1 Å². The summed E-state index contributed by atoms with van der Waals surface area (Å²) in [4.78, 5) is 21.7. The van der Waals surface area contributed by atoms with E-state index in [1.54, 1.807) is 16.8 Å². The second-order valence-corrected chi connectivity index (χ2v) is 8.81. The van der Waals surface area contributed by atoms with Gasteiger partial charge in [-0.25, -0.2) is 4.98 Å². The van der Waals surface area contributed by atoms with Crippen molar-refractivity contribution in [2.75, 3.05) is 0 Å². The number of aromatic amines is 1. The summed E-state index contributed by atoms with van der Waals surface area (Å²) in [7, 11) is 0. The van der Waals surface area contributed by atoms with E-state index in [1.807, 2.05) is 54.0 Å². The molecule has 0 radical (unpaired) electrons. The second kappa shape index (κ2) is 8.07. The Morgan fingerprint density at radius 2 is 1.91 bits per heavy atom. The fraction of sp³-hybridized carbons (Fsp3) is 0.160. The van der Waals surface area contributed by atoms with E-state index in [2.05, 4.69) is 26.6 Å². The van der Waals surface area contributed by atoms with Gasteiger partial charge in [-0.1, -0.05) is 41.9 Å². The Bertz CT molecular complexity index is 1550. The second-order valence-electron chi connectivity index (χ2n) is 8.38. The number of nitrogens with one attached hydrogen (secondary N) is 1. The molecule has 1 N–H and O–H groups in total. The topological polar surface area (TPSA) is 94.3 Å². The normalized spacial score (nSPS) is 14.9. The van der Waals surface area contributed by atoms with E-state index in [0.29, 0.717) is 5.02 Å². The van der Waals surface area contributed by atoms with Gasteiger partial charge >= 0.3 is 0 Å². The summed E-state index contributed by atoms with van der Waals surface area (Å²) in [5, 5.41) is 12.0. The van der Waals surface area contributed by atoms with Gasteiger partial charge in [0.05, 0.1) is 17.4 Å². The molecule has 1 aliphatic heterocycles. The molecule has 0 saturated carbocycles. The third-order valence-electron chi connectivity index (χ3n) is 6.26. The molecule has 5 aromatic rings. The lowest BCUT2D eigenvalue weighted by Gasteiger charge is -2.15.